The predicted octanol–water partition coefficient (Wildman–Crippen LogP) is 1.06. The first-order valence-corrected chi connectivity index (χ1v) is 5.60. The fourth-order valence-electron chi connectivity index (χ4n) is 1.04. The first kappa shape index (κ1) is 13.5. The third-order valence-electron chi connectivity index (χ3n) is 1.78. The molecule has 8 heteroatoms. The monoisotopic (exact) mass is 277 g/mol. The first-order chi connectivity index (χ1) is 7.90. The molecule has 3 N–H and O–H groups in total. The molecule has 92 valence electrons. The Morgan fingerprint density at radius 1 is 1.35 bits per heavy atom. The molecule has 1 atom stereocenters. The number of amides is 1. The Morgan fingerprint density at radius 2 is 2.00 bits per heavy atom. The molecule has 0 aromatic carbocycles. The van der Waals surface area contributed by atoms with E-state index < -0.39 is 30.3 Å². The van der Waals surface area contributed by atoms with Crippen molar-refractivity contribution in [2.24, 2.45) is 0 Å². The van der Waals surface area contributed by atoms with Gasteiger partial charge >= 0.3 is 11.9 Å². The molecule has 1 aromatic heterocycles. The quantitative estimate of drug-likeness (QED) is 0.746. The zero-order chi connectivity index (χ0) is 13.0. The van der Waals surface area contributed by atoms with E-state index in [1.165, 1.54) is 12.1 Å². The van der Waals surface area contributed by atoms with Gasteiger partial charge in [-0.2, -0.15) is 0 Å². The summed E-state index contributed by atoms with van der Waals surface area (Å²) in [6, 6.07) is 1.47. The van der Waals surface area contributed by atoms with Crippen LogP contribution in [0.5, 0.6) is 0 Å². The molecule has 17 heavy (non-hydrogen) atoms. The van der Waals surface area contributed by atoms with Gasteiger partial charge in [0.25, 0.3) is 5.91 Å². The van der Waals surface area contributed by atoms with E-state index >= 15 is 0 Å². The van der Waals surface area contributed by atoms with Crippen molar-refractivity contribution in [3.05, 3.63) is 21.3 Å². The number of aliphatic carboxylic acids is 2. The van der Waals surface area contributed by atoms with E-state index in [0.29, 0.717) is 4.34 Å². The van der Waals surface area contributed by atoms with Crippen LogP contribution in [0.15, 0.2) is 12.1 Å². The summed E-state index contributed by atoms with van der Waals surface area (Å²) in [6.07, 6.45) is -0.680. The lowest BCUT2D eigenvalue weighted by molar-refractivity contribution is -0.145. The Balaban J connectivity index is 2.70. The second-order valence-electron chi connectivity index (χ2n) is 3.07. The maximum atomic E-state index is 11.5. The number of hydrogen-bond donors (Lipinski definition) is 3. The highest BCUT2D eigenvalue weighted by atomic mass is 35.5. The summed E-state index contributed by atoms with van der Waals surface area (Å²) in [6.45, 7) is 0. The number of thiophene rings is 1. The first-order valence-electron chi connectivity index (χ1n) is 4.41. The number of carboxylic acids is 2. The summed E-state index contributed by atoms with van der Waals surface area (Å²) in [4.78, 5) is 32.9. The largest absolute Gasteiger partial charge is 0.481 e. The Kier molecular flexibility index (Phi) is 4.47. The maximum Gasteiger partial charge on any atom is 0.326 e. The Morgan fingerprint density at radius 3 is 2.41 bits per heavy atom. The molecule has 6 nitrogen and oxygen atoms in total. The van der Waals surface area contributed by atoms with Crippen LogP contribution in [0.2, 0.25) is 4.34 Å². The lowest BCUT2D eigenvalue weighted by atomic mass is 10.2. The molecule has 1 rings (SSSR count). The molecule has 0 spiro atoms. The van der Waals surface area contributed by atoms with Gasteiger partial charge in [-0.3, -0.25) is 9.59 Å². The molecule has 0 aliphatic heterocycles. The SMILES string of the molecule is O=C(O)C[C@H](NC(=O)c1ccc(Cl)s1)C(=O)O. The second kappa shape index (κ2) is 5.65. The molecule has 0 fully saturated rings. The predicted molar refractivity (Wildman–Crippen MR) is 60.5 cm³/mol. The van der Waals surface area contributed by atoms with Crippen molar-refractivity contribution in [3.8, 4) is 0 Å². The van der Waals surface area contributed by atoms with Gasteiger partial charge in [0.05, 0.1) is 15.6 Å². The topological polar surface area (TPSA) is 104 Å². The third-order valence-corrected chi connectivity index (χ3v) is 3.01. The molecule has 1 aromatic rings. The summed E-state index contributed by atoms with van der Waals surface area (Å²) in [5.41, 5.74) is 0. The van der Waals surface area contributed by atoms with Gasteiger partial charge in [0.1, 0.15) is 6.04 Å². The summed E-state index contributed by atoms with van der Waals surface area (Å²) in [5, 5.41) is 19.3. The molecule has 0 aliphatic carbocycles. The van der Waals surface area contributed by atoms with Crippen LogP contribution < -0.4 is 5.32 Å². The number of carbonyl (C=O) groups excluding carboxylic acids is 1. The van der Waals surface area contributed by atoms with Gasteiger partial charge in [-0.25, -0.2) is 4.79 Å². The summed E-state index contributed by atoms with van der Waals surface area (Å²) < 4.78 is 0.389. The van der Waals surface area contributed by atoms with E-state index in [0.717, 1.165) is 11.3 Å². The van der Waals surface area contributed by atoms with E-state index in [9.17, 15) is 14.4 Å². The van der Waals surface area contributed by atoms with Crippen LogP contribution in [0.25, 0.3) is 0 Å². The van der Waals surface area contributed by atoms with Gasteiger partial charge in [0.15, 0.2) is 0 Å². The second-order valence-corrected chi connectivity index (χ2v) is 4.78. The van der Waals surface area contributed by atoms with Crippen LogP contribution in [-0.4, -0.2) is 34.1 Å². The zero-order valence-corrected chi connectivity index (χ0v) is 9.92. The summed E-state index contributed by atoms with van der Waals surface area (Å²) >= 11 is 6.60. The van der Waals surface area contributed by atoms with Crippen molar-refractivity contribution in [3.63, 3.8) is 0 Å². The minimum Gasteiger partial charge on any atom is -0.481 e. The summed E-state index contributed by atoms with van der Waals surface area (Å²) in [7, 11) is 0. The van der Waals surface area contributed by atoms with Crippen molar-refractivity contribution in [2.75, 3.05) is 0 Å². The van der Waals surface area contributed by atoms with E-state index in [-0.39, 0.29) is 4.88 Å². The van der Waals surface area contributed by atoms with E-state index in [2.05, 4.69) is 5.32 Å². The number of nitrogens with one attached hydrogen (secondary N) is 1. The molecule has 0 saturated carbocycles. The van der Waals surface area contributed by atoms with Crippen LogP contribution >= 0.6 is 22.9 Å². The molecular formula is C9H8ClNO5S. The van der Waals surface area contributed by atoms with Crippen molar-refractivity contribution < 1.29 is 24.6 Å². The highest BCUT2D eigenvalue weighted by Crippen LogP contribution is 2.21. The van der Waals surface area contributed by atoms with Gasteiger partial charge in [0.2, 0.25) is 0 Å². The van der Waals surface area contributed by atoms with Crippen molar-refractivity contribution in [1.29, 1.82) is 0 Å². The van der Waals surface area contributed by atoms with Crippen LogP contribution in [0.1, 0.15) is 16.1 Å². The third kappa shape index (κ3) is 4.04. The van der Waals surface area contributed by atoms with Crippen LogP contribution in [0.4, 0.5) is 0 Å². The number of rotatable bonds is 5. The Bertz CT molecular complexity index is 458. The van der Waals surface area contributed by atoms with Crippen molar-refractivity contribution >= 4 is 40.8 Å². The van der Waals surface area contributed by atoms with Gasteiger partial charge in [0, 0.05) is 0 Å². The average molecular weight is 278 g/mol. The zero-order valence-electron chi connectivity index (χ0n) is 8.34. The smallest absolute Gasteiger partial charge is 0.326 e. The van der Waals surface area contributed by atoms with E-state index in [1.54, 1.807) is 0 Å². The number of halogens is 1. The molecule has 0 unspecified atom stereocenters. The number of carbonyl (C=O) groups is 3. The highest BCUT2D eigenvalue weighted by molar-refractivity contribution is 7.18. The number of carboxylic acid groups (broad SMARTS) is 2. The summed E-state index contributed by atoms with van der Waals surface area (Å²) in [5.74, 6) is -3.36. The van der Waals surface area contributed by atoms with Crippen molar-refractivity contribution in [1.82, 2.24) is 5.32 Å². The highest BCUT2D eigenvalue weighted by Gasteiger charge is 2.24. The van der Waals surface area contributed by atoms with Crippen molar-refractivity contribution in [2.45, 2.75) is 12.5 Å². The molecule has 0 aliphatic rings. The van der Waals surface area contributed by atoms with Gasteiger partial charge in [-0.1, -0.05) is 11.6 Å². The van der Waals surface area contributed by atoms with Gasteiger partial charge in [-0.15, -0.1) is 11.3 Å². The van der Waals surface area contributed by atoms with E-state index in [4.69, 9.17) is 21.8 Å². The molecule has 1 heterocycles. The molecule has 0 radical (unpaired) electrons. The fourth-order valence-corrected chi connectivity index (χ4v) is 1.99. The maximum absolute atomic E-state index is 11.5. The van der Waals surface area contributed by atoms with Crippen LogP contribution in [-0.2, 0) is 9.59 Å². The lowest BCUT2D eigenvalue weighted by Crippen LogP contribution is -2.41. The normalized spacial score (nSPS) is 11.8. The Hall–Kier alpha value is -1.60. The standard InChI is InChI=1S/C9H8ClNO5S/c10-6-2-1-5(17-6)8(14)11-4(9(15)16)3-7(12)13/h1-2,4H,3H2,(H,11,14)(H,12,13)(H,15,16)/t4-/m0/s1. The number of hydrogen-bond acceptors (Lipinski definition) is 4. The minimum atomic E-state index is -1.46. The van der Waals surface area contributed by atoms with Crippen LogP contribution in [0.3, 0.4) is 0 Å². The molecule has 0 saturated heterocycles. The molecular weight excluding hydrogens is 270 g/mol. The molecule has 0 bridgehead atoms. The van der Waals surface area contributed by atoms with Crippen LogP contribution in [0, 0.1) is 0 Å². The lowest BCUT2D eigenvalue weighted by Gasteiger charge is -2.11. The minimum absolute atomic E-state index is 0.228. The fraction of sp³-hybridized carbons (Fsp3) is 0.222. The van der Waals surface area contributed by atoms with E-state index in [1.807, 2.05) is 0 Å². The van der Waals surface area contributed by atoms with Gasteiger partial charge < -0.3 is 15.5 Å². The van der Waals surface area contributed by atoms with Gasteiger partial charge in [-0.05, 0) is 12.1 Å². The Labute approximate surface area is 105 Å². The molecule has 1 amide bonds. The average Bonchev–Trinajstić information content (AvgIpc) is 2.63.